The lowest BCUT2D eigenvalue weighted by molar-refractivity contribution is 0.618. The minimum atomic E-state index is -0.235. The summed E-state index contributed by atoms with van der Waals surface area (Å²) in [7, 11) is 0. The van der Waals surface area contributed by atoms with Crippen LogP contribution in [-0.2, 0) is 13.1 Å². The molecule has 18 heavy (non-hydrogen) atoms. The number of benzene rings is 1. The van der Waals surface area contributed by atoms with E-state index in [1.165, 1.54) is 6.07 Å². The molecular formula is C14H14BrFN2. The van der Waals surface area contributed by atoms with Crippen LogP contribution in [0.1, 0.15) is 16.8 Å². The fourth-order valence-electron chi connectivity index (χ4n) is 1.60. The lowest BCUT2D eigenvalue weighted by atomic mass is 10.2. The zero-order valence-corrected chi connectivity index (χ0v) is 11.7. The van der Waals surface area contributed by atoms with E-state index in [-0.39, 0.29) is 5.82 Å². The molecule has 4 heteroatoms. The van der Waals surface area contributed by atoms with Crippen molar-refractivity contribution in [2.75, 3.05) is 0 Å². The first-order valence-electron chi connectivity index (χ1n) is 5.71. The van der Waals surface area contributed by atoms with Gasteiger partial charge in [-0.1, -0.05) is 12.1 Å². The summed E-state index contributed by atoms with van der Waals surface area (Å²) in [5.41, 5.74) is 3.20. The number of nitrogens with zero attached hydrogens (tertiary/aromatic N) is 1. The predicted molar refractivity (Wildman–Crippen MR) is 73.6 cm³/mol. The van der Waals surface area contributed by atoms with Crippen LogP contribution in [0.25, 0.3) is 0 Å². The molecule has 0 aliphatic rings. The Morgan fingerprint density at radius 2 is 1.89 bits per heavy atom. The van der Waals surface area contributed by atoms with Crippen molar-refractivity contribution in [2.45, 2.75) is 20.0 Å². The molecule has 0 aliphatic heterocycles. The number of rotatable bonds is 4. The molecule has 0 spiro atoms. The van der Waals surface area contributed by atoms with Crippen molar-refractivity contribution in [1.29, 1.82) is 0 Å². The molecule has 1 heterocycles. The van der Waals surface area contributed by atoms with Crippen LogP contribution in [0.4, 0.5) is 4.39 Å². The van der Waals surface area contributed by atoms with Gasteiger partial charge in [-0.3, -0.25) is 4.98 Å². The van der Waals surface area contributed by atoms with Crippen LogP contribution in [0.15, 0.2) is 41.0 Å². The number of pyridine rings is 1. The summed E-state index contributed by atoms with van der Waals surface area (Å²) >= 11 is 3.18. The van der Waals surface area contributed by atoms with Gasteiger partial charge in [-0.05, 0) is 52.2 Å². The number of aryl methyl sites for hydroxylation is 1. The van der Waals surface area contributed by atoms with Crippen LogP contribution < -0.4 is 5.32 Å². The number of hydrogen-bond acceptors (Lipinski definition) is 2. The average Bonchev–Trinajstić information content (AvgIpc) is 2.36. The number of nitrogens with one attached hydrogen (secondary N) is 1. The van der Waals surface area contributed by atoms with Gasteiger partial charge in [0.2, 0.25) is 0 Å². The fraction of sp³-hybridized carbons (Fsp3) is 0.214. The topological polar surface area (TPSA) is 24.9 Å². The van der Waals surface area contributed by atoms with E-state index in [9.17, 15) is 4.39 Å². The maximum atomic E-state index is 13.0. The van der Waals surface area contributed by atoms with Crippen molar-refractivity contribution in [3.8, 4) is 0 Å². The molecule has 1 aromatic carbocycles. The highest BCUT2D eigenvalue weighted by Gasteiger charge is 2.00. The molecule has 0 unspecified atom stereocenters. The molecule has 0 aliphatic carbocycles. The molecule has 2 aromatic rings. The largest absolute Gasteiger partial charge is 0.309 e. The SMILES string of the molecule is Cc1ccc(CNCc2ccc(F)c(Br)c2)cn1. The van der Waals surface area contributed by atoms with E-state index in [1.54, 1.807) is 12.1 Å². The van der Waals surface area contributed by atoms with E-state index in [0.717, 1.165) is 23.4 Å². The number of hydrogen-bond donors (Lipinski definition) is 1. The van der Waals surface area contributed by atoms with E-state index in [1.807, 2.05) is 19.2 Å². The van der Waals surface area contributed by atoms with Crippen LogP contribution in [0.2, 0.25) is 0 Å². The summed E-state index contributed by atoms with van der Waals surface area (Å²) in [5, 5.41) is 3.30. The summed E-state index contributed by atoms with van der Waals surface area (Å²) < 4.78 is 13.5. The Labute approximate surface area is 114 Å². The van der Waals surface area contributed by atoms with Gasteiger partial charge < -0.3 is 5.32 Å². The molecular weight excluding hydrogens is 295 g/mol. The van der Waals surface area contributed by atoms with Gasteiger partial charge in [0.25, 0.3) is 0 Å². The Kier molecular flexibility index (Phi) is 4.44. The lowest BCUT2D eigenvalue weighted by Crippen LogP contribution is -2.12. The van der Waals surface area contributed by atoms with E-state index in [4.69, 9.17) is 0 Å². The third-order valence-electron chi connectivity index (χ3n) is 2.61. The summed E-state index contributed by atoms with van der Waals surface area (Å²) in [6, 6.07) is 9.08. The Morgan fingerprint density at radius 3 is 2.56 bits per heavy atom. The molecule has 0 saturated carbocycles. The van der Waals surface area contributed by atoms with Gasteiger partial charge >= 0.3 is 0 Å². The molecule has 0 amide bonds. The van der Waals surface area contributed by atoms with Gasteiger partial charge in [0.15, 0.2) is 0 Å². The second kappa shape index (κ2) is 6.07. The molecule has 1 N–H and O–H groups in total. The van der Waals surface area contributed by atoms with Crippen LogP contribution in [0.3, 0.4) is 0 Å². The number of aromatic nitrogens is 1. The summed E-state index contributed by atoms with van der Waals surface area (Å²) in [6.07, 6.45) is 1.86. The maximum Gasteiger partial charge on any atom is 0.137 e. The first-order chi connectivity index (χ1) is 8.65. The van der Waals surface area contributed by atoms with Crippen molar-refractivity contribution in [3.05, 3.63) is 63.6 Å². The molecule has 2 nitrogen and oxygen atoms in total. The van der Waals surface area contributed by atoms with Gasteiger partial charge in [-0.2, -0.15) is 0 Å². The van der Waals surface area contributed by atoms with Crippen molar-refractivity contribution in [3.63, 3.8) is 0 Å². The van der Waals surface area contributed by atoms with Gasteiger partial charge in [0.05, 0.1) is 4.47 Å². The first-order valence-corrected chi connectivity index (χ1v) is 6.50. The molecule has 2 rings (SSSR count). The lowest BCUT2D eigenvalue weighted by Gasteiger charge is -2.06. The molecule has 0 saturated heterocycles. The quantitative estimate of drug-likeness (QED) is 0.934. The van der Waals surface area contributed by atoms with Crippen molar-refractivity contribution < 1.29 is 4.39 Å². The standard InChI is InChI=1S/C14H14BrFN2/c1-10-2-3-12(9-18-10)8-17-7-11-4-5-14(16)13(15)6-11/h2-6,9,17H,7-8H2,1H3. The van der Waals surface area contributed by atoms with Crippen molar-refractivity contribution in [2.24, 2.45) is 0 Å². The summed E-state index contributed by atoms with van der Waals surface area (Å²) in [4.78, 5) is 4.23. The second-order valence-electron chi connectivity index (χ2n) is 4.16. The smallest absolute Gasteiger partial charge is 0.137 e. The normalized spacial score (nSPS) is 10.6. The highest BCUT2D eigenvalue weighted by atomic mass is 79.9. The Hall–Kier alpha value is -1.26. The average molecular weight is 309 g/mol. The zero-order valence-electron chi connectivity index (χ0n) is 10.1. The minimum absolute atomic E-state index is 0.235. The Bertz CT molecular complexity index is 526. The molecule has 1 aromatic heterocycles. The second-order valence-corrected chi connectivity index (χ2v) is 5.01. The monoisotopic (exact) mass is 308 g/mol. The molecule has 0 bridgehead atoms. The summed E-state index contributed by atoms with van der Waals surface area (Å²) in [5.74, 6) is -0.235. The van der Waals surface area contributed by atoms with E-state index < -0.39 is 0 Å². The van der Waals surface area contributed by atoms with Gasteiger partial charge in [0, 0.05) is 25.0 Å². The molecule has 0 atom stereocenters. The minimum Gasteiger partial charge on any atom is -0.309 e. The van der Waals surface area contributed by atoms with Crippen molar-refractivity contribution >= 4 is 15.9 Å². The molecule has 0 radical (unpaired) electrons. The van der Waals surface area contributed by atoms with Crippen LogP contribution >= 0.6 is 15.9 Å². The predicted octanol–water partition coefficient (Wildman–Crippen LogP) is 3.58. The Balaban J connectivity index is 1.88. The van der Waals surface area contributed by atoms with E-state index in [2.05, 4.69) is 32.3 Å². The van der Waals surface area contributed by atoms with Crippen LogP contribution in [0, 0.1) is 12.7 Å². The summed E-state index contributed by atoms with van der Waals surface area (Å²) in [6.45, 7) is 3.42. The van der Waals surface area contributed by atoms with Gasteiger partial charge in [-0.25, -0.2) is 4.39 Å². The highest BCUT2D eigenvalue weighted by molar-refractivity contribution is 9.10. The van der Waals surface area contributed by atoms with Gasteiger partial charge in [-0.15, -0.1) is 0 Å². The highest BCUT2D eigenvalue weighted by Crippen LogP contribution is 2.16. The van der Waals surface area contributed by atoms with E-state index in [0.29, 0.717) is 11.0 Å². The Morgan fingerprint density at radius 1 is 1.17 bits per heavy atom. The van der Waals surface area contributed by atoms with E-state index >= 15 is 0 Å². The van der Waals surface area contributed by atoms with Crippen LogP contribution in [0.5, 0.6) is 0 Å². The zero-order chi connectivity index (χ0) is 13.0. The van der Waals surface area contributed by atoms with Crippen LogP contribution in [-0.4, -0.2) is 4.98 Å². The maximum absolute atomic E-state index is 13.0. The molecule has 94 valence electrons. The third kappa shape index (κ3) is 3.62. The fourth-order valence-corrected chi connectivity index (χ4v) is 2.03. The molecule has 0 fully saturated rings. The first kappa shape index (κ1) is 13.2. The number of halogens is 2. The van der Waals surface area contributed by atoms with Gasteiger partial charge in [0.1, 0.15) is 5.82 Å². The van der Waals surface area contributed by atoms with Crippen molar-refractivity contribution in [1.82, 2.24) is 10.3 Å². The third-order valence-corrected chi connectivity index (χ3v) is 3.22.